The maximum absolute atomic E-state index is 4.93. The van der Waals surface area contributed by atoms with Gasteiger partial charge in [0, 0.05) is 0 Å². The summed E-state index contributed by atoms with van der Waals surface area (Å²) < 4.78 is 0. The van der Waals surface area contributed by atoms with E-state index in [4.69, 9.17) is 17.0 Å². The summed E-state index contributed by atoms with van der Waals surface area (Å²) in [5.74, 6) is 0. The molecule has 0 unspecified atom stereocenters. The van der Waals surface area contributed by atoms with Crippen molar-refractivity contribution in [2.45, 2.75) is 65.7 Å². The SMILES string of the molecule is CCCCc1cc2c(-c3ccccc3CC)c(C(C)(C)C)ccc2[cH-]1.[Cl][Zr][Cl]. The summed E-state index contributed by atoms with van der Waals surface area (Å²) in [5.41, 5.74) is 7.37. The van der Waals surface area contributed by atoms with Gasteiger partial charge >= 0.3 is 37.9 Å². The zero-order chi connectivity index (χ0) is 20.7. The van der Waals surface area contributed by atoms with Crippen LogP contribution in [0.4, 0.5) is 0 Å². The Kier molecular flexibility index (Phi) is 9.39. The predicted octanol–water partition coefficient (Wildman–Crippen LogP) is 8.80. The van der Waals surface area contributed by atoms with E-state index >= 15 is 0 Å². The second kappa shape index (κ2) is 11.1. The Morgan fingerprint density at radius 3 is 2.29 bits per heavy atom. The Bertz CT molecular complexity index is 887. The maximum atomic E-state index is 4.93. The fraction of sp³-hybridized carbons (Fsp3) is 0.400. The summed E-state index contributed by atoms with van der Waals surface area (Å²) in [5, 5.41) is 2.82. The molecule has 0 fully saturated rings. The third kappa shape index (κ3) is 5.78. The summed E-state index contributed by atoms with van der Waals surface area (Å²) in [6.45, 7) is 11.5. The molecular weight excluding hydrogens is 462 g/mol. The molecule has 0 N–H and O–H groups in total. The first-order valence-electron chi connectivity index (χ1n) is 10.1. The van der Waals surface area contributed by atoms with Crippen LogP contribution in [0.2, 0.25) is 0 Å². The Hall–Kier alpha value is -0.487. The number of hydrogen-bond acceptors (Lipinski definition) is 0. The van der Waals surface area contributed by atoms with Gasteiger partial charge in [0.25, 0.3) is 0 Å². The summed E-state index contributed by atoms with van der Waals surface area (Å²) in [6, 6.07) is 18.5. The van der Waals surface area contributed by atoms with Gasteiger partial charge in [-0.1, -0.05) is 82.9 Å². The van der Waals surface area contributed by atoms with Gasteiger partial charge in [-0.2, -0.15) is 6.07 Å². The van der Waals surface area contributed by atoms with Crippen molar-refractivity contribution in [3.8, 4) is 11.1 Å². The molecule has 0 aliphatic carbocycles. The number of hydrogen-bond donors (Lipinski definition) is 0. The first kappa shape index (κ1) is 23.8. The van der Waals surface area contributed by atoms with E-state index in [9.17, 15) is 0 Å². The molecule has 0 aromatic heterocycles. The molecule has 3 rings (SSSR count). The number of benzene rings is 2. The molecule has 0 radical (unpaired) electrons. The van der Waals surface area contributed by atoms with Crippen LogP contribution in [0.3, 0.4) is 0 Å². The molecule has 0 saturated carbocycles. The van der Waals surface area contributed by atoms with Gasteiger partial charge in [0.05, 0.1) is 0 Å². The fourth-order valence-electron chi connectivity index (χ4n) is 3.86. The average Bonchev–Trinajstić information content (AvgIpc) is 3.08. The summed E-state index contributed by atoms with van der Waals surface area (Å²) >= 11 is -0.826. The van der Waals surface area contributed by atoms with E-state index in [2.05, 4.69) is 83.1 Å². The molecule has 0 aliphatic heterocycles. The molecule has 3 aromatic carbocycles. The van der Waals surface area contributed by atoms with Crippen LogP contribution in [0.5, 0.6) is 0 Å². The van der Waals surface area contributed by atoms with Crippen LogP contribution in [-0.4, -0.2) is 0 Å². The topological polar surface area (TPSA) is 0 Å². The van der Waals surface area contributed by atoms with E-state index in [0.717, 1.165) is 6.42 Å². The standard InChI is InChI=1S/C25H31.2ClH.Zr/c1-6-8-11-18-16-20-14-15-23(25(3,4)5)24(22(20)17-18)21-13-10-9-12-19(21)7-2;;;/h9-10,12-17H,6-8,11H2,1-5H3;2*1H;/q-1;;;+2/p-2. The quantitative estimate of drug-likeness (QED) is 0.312. The molecule has 0 aliphatic rings. The van der Waals surface area contributed by atoms with Crippen LogP contribution < -0.4 is 0 Å². The number of halogens is 2. The molecule has 3 heteroatoms. The van der Waals surface area contributed by atoms with Gasteiger partial charge < -0.3 is 0 Å². The molecule has 0 amide bonds. The van der Waals surface area contributed by atoms with Crippen molar-refractivity contribution in [3.05, 3.63) is 65.2 Å². The van der Waals surface area contributed by atoms with Crippen molar-refractivity contribution in [3.63, 3.8) is 0 Å². The zero-order valence-electron chi connectivity index (χ0n) is 17.7. The van der Waals surface area contributed by atoms with Gasteiger partial charge in [-0.25, -0.2) is 0 Å². The molecule has 0 saturated heterocycles. The van der Waals surface area contributed by atoms with Crippen molar-refractivity contribution < 1.29 is 20.8 Å². The monoisotopic (exact) mass is 491 g/mol. The summed E-state index contributed by atoms with van der Waals surface area (Å²) in [6.07, 6.45) is 4.77. The van der Waals surface area contributed by atoms with Crippen LogP contribution in [-0.2, 0) is 39.1 Å². The number of aryl methyl sites for hydroxylation is 2. The molecule has 0 atom stereocenters. The van der Waals surface area contributed by atoms with Gasteiger partial charge in [0.2, 0.25) is 0 Å². The van der Waals surface area contributed by atoms with Gasteiger partial charge in [-0.15, -0.1) is 34.5 Å². The van der Waals surface area contributed by atoms with Crippen molar-refractivity contribution >= 4 is 27.8 Å². The molecule has 0 nitrogen and oxygen atoms in total. The van der Waals surface area contributed by atoms with Crippen LogP contribution in [0.1, 0.15) is 64.2 Å². The Balaban J connectivity index is 0.000000878. The Morgan fingerprint density at radius 1 is 1.00 bits per heavy atom. The van der Waals surface area contributed by atoms with Gasteiger partial charge in [0.1, 0.15) is 0 Å². The Morgan fingerprint density at radius 2 is 1.68 bits per heavy atom. The average molecular weight is 494 g/mol. The minimum atomic E-state index is -0.826. The van der Waals surface area contributed by atoms with Gasteiger partial charge in [-0.3, -0.25) is 0 Å². The molecule has 0 bridgehead atoms. The van der Waals surface area contributed by atoms with Crippen LogP contribution >= 0.6 is 17.0 Å². The molecular formula is C25H31Cl2Zr-. The van der Waals surface area contributed by atoms with Crippen LogP contribution in [0.15, 0.2) is 48.5 Å². The van der Waals surface area contributed by atoms with E-state index in [1.54, 1.807) is 0 Å². The van der Waals surface area contributed by atoms with E-state index in [1.165, 1.54) is 57.9 Å². The van der Waals surface area contributed by atoms with E-state index in [1.807, 2.05) is 0 Å². The molecule has 0 spiro atoms. The fourth-order valence-corrected chi connectivity index (χ4v) is 3.86. The van der Waals surface area contributed by atoms with E-state index in [0.29, 0.717) is 0 Å². The Labute approximate surface area is 189 Å². The van der Waals surface area contributed by atoms with Gasteiger partial charge in [-0.05, 0) is 29.4 Å². The van der Waals surface area contributed by atoms with Crippen molar-refractivity contribution in [1.82, 2.24) is 0 Å². The predicted molar refractivity (Wildman–Crippen MR) is 123 cm³/mol. The second-order valence-corrected chi connectivity index (χ2v) is 12.0. The molecule has 150 valence electrons. The van der Waals surface area contributed by atoms with Crippen molar-refractivity contribution in [2.24, 2.45) is 0 Å². The third-order valence-corrected chi connectivity index (χ3v) is 5.24. The first-order valence-corrected chi connectivity index (χ1v) is 16.5. The molecule has 3 aromatic rings. The van der Waals surface area contributed by atoms with E-state index in [-0.39, 0.29) is 5.41 Å². The zero-order valence-corrected chi connectivity index (χ0v) is 21.7. The normalized spacial score (nSPS) is 11.2. The molecule has 0 heterocycles. The van der Waals surface area contributed by atoms with Crippen LogP contribution in [0.25, 0.3) is 21.9 Å². The van der Waals surface area contributed by atoms with Crippen molar-refractivity contribution in [2.75, 3.05) is 0 Å². The second-order valence-electron chi connectivity index (χ2n) is 8.29. The van der Waals surface area contributed by atoms with Crippen molar-refractivity contribution in [1.29, 1.82) is 0 Å². The van der Waals surface area contributed by atoms with E-state index < -0.39 is 20.8 Å². The first-order chi connectivity index (χ1) is 13.4. The number of rotatable bonds is 5. The summed E-state index contributed by atoms with van der Waals surface area (Å²) in [7, 11) is 9.87. The van der Waals surface area contributed by atoms with Crippen LogP contribution in [0, 0.1) is 0 Å². The van der Waals surface area contributed by atoms with Gasteiger partial charge in [0.15, 0.2) is 0 Å². The number of unbranched alkanes of at least 4 members (excludes halogenated alkanes) is 1. The molecule has 28 heavy (non-hydrogen) atoms. The minimum absolute atomic E-state index is 0.130. The number of fused-ring (bicyclic) bond motifs is 1. The summed E-state index contributed by atoms with van der Waals surface area (Å²) in [4.78, 5) is 0. The third-order valence-electron chi connectivity index (χ3n) is 5.24.